The third-order valence-electron chi connectivity index (χ3n) is 3.87. The van der Waals surface area contributed by atoms with Gasteiger partial charge >= 0.3 is 5.97 Å². The van der Waals surface area contributed by atoms with E-state index >= 15 is 0 Å². The fourth-order valence-electron chi connectivity index (χ4n) is 2.01. The first kappa shape index (κ1) is 17.1. The molecule has 0 amide bonds. The van der Waals surface area contributed by atoms with Crippen LogP contribution in [0.1, 0.15) is 31.7 Å². The number of aromatic nitrogens is 2. The summed E-state index contributed by atoms with van der Waals surface area (Å²) in [6.45, 7) is 5.51. The summed E-state index contributed by atoms with van der Waals surface area (Å²) in [4.78, 5) is 16.0. The number of rotatable bonds is 6. The lowest BCUT2D eigenvalue weighted by molar-refractivity contribution is -0.148. The van der Waals surface area contributed by atoms with Gasteiger partial charge in [-0.25, -0.2) is 4.39 Å². The maximum atomic E-state index is 13.6. The van der Waals surface area contributed by atoms with Crippen molar-refractivity contribution in [2.24, 2.45) is 0 Å². The van der Waals surface area contributed by atoms with E-state index in [0.717, 1.165) is 0 Å². The molecule has 1 unspecified atom stereocenters. The van der Waals surface area contributed by atoms with Crippen molar-refractivity contribution < 1.29 is 18.4 Å². The monoisotopic (exact) mass is 321 g/mol. The minimum atomic E-state index is -0.834. The molecule has 23 heavy (non-hydrogen) atoms. The van der Waals surface area contributed by atoms with Gasteiger partial charge in [0.15, 0.2) is 0 Å². The molecule has 2 rings (SSSR count). The van der Waals surface area contributed by atoms with E-state index in [9.17, 15) is 9.18 Å². The van der Waals surface area contributed by atoms with Gasteiger partial charge in [-0.05, 0) is 31.9 Å². The van der Waals surface area contributed by atoms with E-state index in [1.165, 1.54) is 13.2 Å². The fourth-order valence-corrected chi connectivity index (χ4v) is 2.01. The zero-order valence-electron chi connectivity index (χ0n) is 13.6. The van der Waals surface area contributed by atoms with Gasteiger partial charge in [-0.2, -0.15) is 4.98 Å². The zero-order valence-corrected chi connectivity index (χ0v) is 13.6. The van der Waals surface area contributed by atoms with Crippen molar-refractivity contribution in [3.8, 4) is 11.4 Å². The Hall–Kier alpha value is -2.28. The number of nitrogens with one attached hydrogen (secondary N) is 1. The Balaban J connectivity index is 2.10. The highest BCUT2D eigenvalue weighted by Gasteiger charge is 2.32. The Morgan fingerprint density at radius 2 is 2.22 bits per heavy atom. The molecule has 0 saturated carbocycles. The van der Waals surface area contributed by atoms with Crippen LogP contribution in [0.2, 0.25) is 0 Å². The van der Waals surface area contributed by atoms with E-state index in [1.54, 1.807) is 26.0 Å². The van der Waals surface area contributed by atoms with E-state index in [0.29, 0.717) is 29.3 Å². The summed E-state index contributed by atoms with van der Waals surface area (Å²) in [6.07, 6.45) is 0.545. The topological polar surface area (TPSA) is 77.3 Å². The van der Waals surface area contributed by atoms with Crippen molar-refractivity contribution in [2.45, 2.75) is 39.3 Å². The number of aryl methyl sites for hydroxylation is 1. The first-order valence-corrected chi connectivity index (χ1v) is 7.32. The first-order valence-electron chi connectivity index (χ1n) is 7.32. The third-order valence-corrected chi connectivity index (χ3v) is 3.87. The zero-order chi connectivity index (χ0) is 17.0. The first-order chi connectivity index (χ1) is 10.9. The van der Waals surface area contributed by atoms with E-state index in [2.05, 4.69) is 15.5 Å². The predicted octanol–water partition coefficient (Wildman–Crippen LogP) is 2.62. The van der Waals surface area contributed by atoms with Crippen LogP contribution in [-0.2, 0) is 16.1 Å². The molecule has 1 N–H and O–H groups in total. The van der Waals surface area contributed by atoms with Gasteiger partial charge in [-0.3, -0.25) is 10.1 Å². The van der Waals surface area contributed by atoms with Crippen LogP contribution in [0, 0.1) is 12.7 Å². The van der Waals surface area contributed by atoms with Crippen molar-refractivity contribution in [3.05, 3.63) is 35.5 Å². The highest BCUT2D eigenvalue weighted by atomic mass is 19.1. The molecule has 1 heterocycles. The molecule has 1 atom stereocenters. The predicted molar refractivity (Wildman–Crippen MR) is 82.0 cm³/mol. The SMILES string of the molecule is CCC(C)(NCc1nc(-c2ccc(C)c(F)c2)no1)C(=O)OC. The standard InChI is InChI=1S/C16H20FN3O3/c1-5-16(3,15(21)22-4)18-9-13-19-14(20-23-13)11-7-6-10(2)12(17)8-11/h6-8,18H,5,9H2,1-4H3. The van der Waals surface area contributed by atoms with E-state index in [1.807, 2.05) is 6.92 Å². The molecule has 2 aromatic rings. The normalized spacial score (nSPS) is 13.6. The molecule has 0 aliphatic carbocycles. The lowest BCUT2D eigenvalue weighted by Gasteiger charge is -2.25. The molecular weight excluding hydrogens is 301 g/mol. The number of nitrogens with zero attached hydrogens (tertiary/aromatic N) is 2. The van der Waals surface area contributed by atoms with Crippen LogP contribution in [0.3, 0.4) is 0 Å². The van der Waals surface area contributed by atoms with Gasteiger partial charge in [0, 0.05) is 5.56 Å². The smallest absolute Gasteiger partial charge is 0.325 e. The lowest BCUT2D eigenvalue weighted by atomic mass is 9.99. The number of hydrogen-bond acceptors (Lipinski definition) is 6. The van der Waals surface area contributed by atoms with Crippen molar-refractivity contribution in [2.75, 3.05) is 7.11 Å². The number of ether oxygens (including phenoxy) is 1. The molecule has 0 saturated heterocycles. The van der Waals surface area contributed by atoms with Gasteiger partial charge in [-0.1, -0.05) is 24.2 Å². The maximum absolute atomic E-state index is 13.6. The third kappa shape index (κ3) is 3.73. The maximum Gasteiger partial charge on any atom is 0.325 e. The summed E-state index contributed by atoms with van der Waals surface area (Å²) in [5, 5.41) is 6.89. The number of methoxy groups -OCH3 is 1. The molecule has 0 aliphatic rings. The lowest BCUT2D eigenvalue weighted by Crippen LogP contribution is -2.49. The molecule has 0 spiro atoms. The molecule has 0 fully saturated rings. The van der Waals surface area contributed by atoms with E-state index in [4.69, 9.17) is 9.26 Å². The molecule has 0 bridgehead atoms. The van der Waals surface area contributed by atoms with Crippen LogP contribution < -0.4 is 5.32 Å². The highest BCUT2D eigenvalue weighted by molar-refractivity contribution is 5.80. The molecule has 7 heteroatoms. The van der Waals surface area contributed by atoms with Crippen LogP contribution in [0.15, 0.2) is 22.7 Å². The van der Waals surface area contributed by atoms with E-state index < -0.39 is 5.54 Å². The fraction of sp³-hybridized carbons (Fsp3) is 0.438. The molecule has 124 valence electrons. The summed E-state index contributed by atoms with van der Waals surface area (Å²) in [5.74, 6) is -0.0712. The Morgan fingerprint density at radius 3 is 2.83 bits per heavy atom. The average Bonchev–Trinajstić information content (AvgIpc) is 3.03. The summed E-state index contributed by atoms with van der Waals surface area (Å²) >= 11 is 0. The highest BCUT2D eigenvalue weighted by Crippen LogP contribution is 2.19. The Labute approximate surface area is 134 Å². The van der Waals surface area contributed by atoms with Crippen LogP contribution in [0.25, 0.3) is 11.4 Å². The van der Waals surface area contributed by atoms with E-state index in [-0.39, 0.29) is 18.3 Å². The quantitative estimate of drug-likeness (QED) is 0.824. The summed E-state index contributed by atoms with van der Waals surface area (Å²) in [6, 6.07) is 4.75. The van der Waals surface area contributed by atoms with Crippen LogP contribution in [0.4, 0.5) is 4.39 Å². The Morgan fingerprint density at radius 1 is 1.48 bits per heavy atom. The van der Waals surface area contributed by atoms with Crippen LogP contribution >= 0.6 is 0 Å². The summed E-state index contributed by atoms with van der Waals surface area (Å²) in [7, 11) is 1.34. The number of halogens is 1. The molecule has 0 radical (unpaired) electrons. The van der Waals surface area contributed by atoms with Crippen molar-refractivity contribution >= 4 is 5.97 Å². The number of carbonyl (C=O) groups excluding carboxylic acids is 1. The second-order valence-corrected chi connectivity index (χ2v) is 5.51. The second-order valence-electron chi connectivity index (χ2n) is 5.51. The van der Waals surface area contributed by atoms with Gasteiger partial charge in [0.25, 0.3) is 0 Å². The number of carbonyl (C=O) groups is 1. The largest absolute Gasteiger partial charge is 0.468 e. The summed E-state index contributed by atoms with van der Waals surface area (Å²) < 4.78 is 23.5. The van der Waals surface area contributed by atoms with Gasteiger partial charge in [0.05, 0.1) is 13.7 Å². The molecular formula is C16H20FN3O3. The van der Waals surface area contributed by atoms with Gasteiger partial charge in [-0.15, -0.1) is 0 Å². The van der Waals surface area contributed by atoms with Crippen molar-refractivity contribution in [3.63, 3.8) is 0 Å². The van der Waals surface area contributed by atoms with Crippen LogP contribution in [-0.4, -0.2) is 28.8 Å². The molecule has 6 nitrogen and oxygen atoms in total. The number of esters is 1. The minimum absolute atomic E-state index is 0.209. The van der Waals surface area contributed by atoms with Crippen molar-refractivity contribution in [1.82, 2.24) is 15.5 Å². The van der Waals surface area contributed by atoms with Gasteiger partial charge in [0.2, 0.25) is 11.7 Å². The second kappa shape index (κ2) is 6.87. The number of benzene rings is 1. The molecule has 1 aromatic heterocycles. The average molecular weight is 321 g/mol. The van der Waals surface area contributed by atoms with Crippen LogP contribution in [0.5, 0.6) is 0 Å². The molecule has 0 aliphatic heterocycles. The Bertz CT molecular complexity index is 702. The van der Waals surface area contributed by atoms with Crippen molar-refractivity contribution in [1.29, 1.82) is 0 Å². The van der Waals surface area contributed by atoms with Gasteiger partial charge in [0.1, 0.15) is 11.4 Å². The minimum Gasteiger partial charge on any atom is -0.468 e. The number of hydrogen-bond donors (Lipinski definition) is 1. The Kier molecular flexibility index (Phi) is 5.10. The van der Waals surface area contributed by atoms with Gasteiger partial charge < -0.3 is 9.26 Å². The molecule has 1 aromatic carbocycles. The summed E-state index contributed by atoms with van der Waals surface area (Å²) in [5.41, 5.74) is 0.254.